The number of carbonyl (C=O) groups is 2. The molecule has 3 N–H and O–H groups in total. The third kappa shape index (κ3) is 6.81. The highest BCUT2D eigenvalue weighted by atomic mass is 127. The second-order valence-corrected chi connectivity index (χ2v) is 11.6. The topological polar surface area (TPSA) is 99.1 Å². The Morgan fingerprint density at radius 1 is 1.06 bits per heavy atom. The molecule has 3 unspecified atom stereocenters. The van der Waals surface area contributed by atoms with Gasteiger partial charge in [-0.15, -0.1) is 0 Å². The molecular formula is C28H39IN2O5. The molecule has 7 nitrogen and oxygen atoms in total. The van der Waals surface area contributed by atoms with Crippen LogP contribution in [0.15, 0.2) is 35.9 Å². The van der Waals surface area contributed by atoms with Crippen LogP contribution in [0.25, 0.3) is 0 Å². The van der Waals surface area contributed by atoms with Crippen LogP contribution in [0.2, 0.25) is 0 Å². The van der Waals surface area contributed by atoms with Crippen LogP contribution in [0, 0.1) is 15.4 Å². The Morgan fingerprint density at radius 3 is 2.44 bits per heavy atom. The number of ether oxygens (including phenoxy) is 1. The molecule has 0 aromatic heterocycles. The van der Waals surface area contributed by atoms with Crippen LogP contribution >= 0.6 is 22.6 Å². The fourth-order valence-electron chi connectivity index (χ4n) is 5.91. The molecule has 3 aliphatic carbocycles. The minimum Gasteiger partial charge on any atom is -0.482 e. The van der Waals surface area contributed by atoms with Gasteiger partial charge in [0, 0.05) is 31.0 Å². The van der Waals surface area contributed by atoms with Gasteiger partial charge in [0.15, 0.2) is 0 Å². The van der Waals surface area contributed by atoms with Crippen LogP contribution in [0.3, 0.4) is 0 Å². The molecule has 0 saturated heterocycles. The lowest BCUT2D eigenvalue weighted by Gasteiger charge is -2.43. The normalized spacial score (nSPS) is 25.3. The fourth-order valence-corrected chi connectivity index (χ4v) is 6.42. The highest BCUT2D eigenvalue weighted by Gasteiger charge is 2.43. The molecular weight excluding hydrogens is 571 g/mol. The highest BCUT2D eigenvalue weighted by Crippen LogP contribution is 2.35. The molecule has 0 bridgehead atoms. The molecule has 3 atom stereocenters. The Hall–Kier alpha value is -1.65. The minimum atomic E-state index is -0.954. The predicted molar refractivity (Wildman–Crippen MR) is 146 cm³/mol. The van der Waals surface area contributed by atoms with Crippen LogP contribution in [-0.2, 0) is 9.59 Å². The SMILES string of the molecule is O=C(NCCO)C1=CC(Oc2ccccc2I)C(O)C(N(CC2CCCCC2)C(=O)C2CCCC2)C1. The Morgan fingerprint density at radius 2 is 1.75 bits per heavy atom. The van der Waals surface area contributed by atoms with Crippen molar-refractivity contribution in [1.82, 2.24) is 10.2 Å². The van der Waals surface area contributed by atoms with Crippen molar-refractivity contribution < 1.29 is 24.5 Å². The number of hydrogen-bond acceptors (Lipinski definition) is 5. The summed E-state index contributed by atoms with van der Waals surface area (Å²) in [6.07, 6.45) is 9.94. The number of carbonyl (C=O) groups excluding carboxylic acids is 2. The van der Waals surface area contributed by atoms with Gasteiger partial charge in [-0.3, -0.25) is 9.59 Å². The van der Waals surface area contributed by atoms with Crippen molar-refractivity contribution in [2.24, 2.45) is 11.8 Å². The quantitative estimate of drug-likeness (QED) is 0.370. The average Bonchev–Trinajstić information content (AvgIpc) is 3.44. The molecule has 1 aromatic rings. The summed E-state index contributed by atoms with van der Waals surface area (Å²) in [6, 6.07) is 7.04. The van der Waals surface area contributed by atoms with E-state index in [-0.39, 0.29) is 37.3 Å². The maximum Gasteiger partial charge on any atom is 0.247 e. The van der Waals surface area contributed by atoms with Crippen LogP contribution in [0.1, 0.15) is 64.2 Å². The standard InChI is InChI=1S/C28H39IN2O5/c29-22-12-6-7-13-24(22)36-25-17-21(27(34)30-14-15-32)16-23(26(25)33)31(18-19-8-2-1-3-9-19)28(35)20-10-4-5-11-20/h6-7,12-13,17,19-20,23,25-26,32-33H,1-5,8-11,14-16,18H2,(H,30,34). The summed E-state index contributed by atoms with van der Waals surface area (Å²) >= 11 is 2.19. The zero-order valence-corrected chi connectivity index (χ0v) is 23.1. The van der Waals surface area contributed by atoms with Crippen molar-refractivity contribution in [2.75, 3.05) is 19.7 Å². The second kappa shape index (κ2) is 13.2. The van der Waals surface area contributed by atoms with Crippen molar-refractivity contribution in [3.05, 3.63) is 39.5 Å². The lowest BCUT2D eigenvalue weighted by Crippen LogP contribution is -2.57. The first-order valence-corrected chi connectivity index (χ1v) is 14.5. The molecule has 0 spiro atoms. The molecule has 2 saturated carbocycles. The van der Waals surface area contributed by atoms with Crippen molar-refractivity contribution in [1.29, 1.82) is 0 Å². The molecule has 8 heteroatoms. The van der Waals surface area contributed by atoms with Gasteiger partial charge in [0.05, 0.1) is 16.2 Å². The van der Waals surface area contributed by atoms with E-state index in [0.717, 1.165) is 42.1 Å². The summed E-state index contributed by atoms with van der Waals surface area (Å²) in [4.78, 5) is 28.7. The molecule has 0 heterocycles. The number of nitrogens with one attached hydrogen (secondary N) is 1. The van der Waals surface area contributed by atoms with Crippen LogP contribution in [0.4, 0.5) is 0 Å². The van der Waals surface area contributed by atoms with Gasteiger partial charge in [0.25, 0.3) is 0 Å². The number of benzene rings is 1. The number of amides is 2. The lowest BCUT2D eigenvalue weighted by molar-refractivity contribution is -0.144. The van der Waals surface area contributed by atoms with E-state index in [2.05, 4.69) is 27.9 Å². The van der Waals surface area contributed by atoms with Crippen LogP contribution in [0.5, 0.6) is 5.75 Å². The summed E-state index contributed by atoms with van der Waals surface area (Å²) < 4.78 is 7.17. The van der Waals surface area contributed by atoms with Crippen molar-refractivity contribution in [3.8, 4) is 5.75 Å². The van der Waals surface area contributed by atoms with Gasteiger partial charge in [-0.25, -0.2) is 0 Å². The molecule has 2 fully saturated rings. The Kier molecular flexibility index (Phi) is 10.1. The number of rotatable bonds is 9. The highest BCUT2D eigenvalue weighted by molar-refractivity contribution is 14.1. The van der Waals surface area contributed by atoms with E-state index in [1.807, 2.05) is 29.2 Å². The maximum absolute atomic E-state index is 13.9. The zero-order valence-electron chi connectivity index (χ0n) is 20.9. The number of nitrogens with zero attached hydrogens (tertiary/aromatic N) is 1. The zero-order chi connectivity index (χ0) is 25.5. The lowest BCUT2D eigenvalue weighted by atomic mass is 9.84. The number of halogens is 1. The van der Waals surface area contributed by atoms with E-state index in [9.17, 15) is 19.8 Å². The fraction of sp³-hybridized carbons (Fsp3) is 0.643. The van der Waals surface area contributed by atoms with Gasteiger partial charge in [0.2, 0.25) is 11.8 Å². The molecule has 0 aliphatic heterocycles. The van der Waals surface area contributed by atoms with E-state index < -0.39 is 18.2 Å². The molecule has 0 radical (unpaired) electrons. The summed E-state index contributed by atoms with van der Waals surface area (Å²) in [7, 11) is 0. The Labute approximate surface area is 227 Å². The summed E-state index contributed by atoms with van der Waals surface area (Å²) in [5.74, 6) is 0.877. The molecule has 3 aliphatic rings. The van der Waals surface area contributed by atoms with Crippen molar-refractivity contribution in [2.45, 2.75) is 82.5 Å². The van der Waals surface area contributed by atoms with E-state index in [0.29, 0.717) is 23.8 Å². The first-order valence-electron chi connectivity index (χ1n) is 13.5. The van der Waals surface area contributed by atoms with E-state index >= 15 is 0 Å². The largest absolute Gasteiger partial charge is 0.482 e. The first-order chi connectivity index (χ1) is 17.5. The summed E-state index contributed by atoms with van der Waals surface area (Å²) in [6.45, 7) is 0.623. The van der Waals surface area contributed by atoms with Crippen molar-refractivity contribution in [3.63, 3.8) is 0 Å². The average molecular weight is 611 g/mol. The third-order valence-electron chi connectivity index (χ3n) is 7.88. The van der Waals surface area contributed by atoms with Crippen LogP contribution in [-0.4, -0.2) is 64.9 Å². The van der Waals surface area contributed by atoms with Gasteiger partial charge in [-0.05, 0) is 72.4 Å². The predicted octanol–water partition coefficient (Wildman–Crippen LogP) is 3.81. The Balaban J connectivity index is 1.63. The minimum absolute atomic E-state index is 0.00666. The smallest absolute Gasteiger partial charge is 0.247 e. The molecule has 4 rings (SSSR count). The molecule has 1 aromatic carbocycles. The van der Waals surface area contributed by atoms with Gasteiger partial charge in [-0.2, -0.15) is 0 Å². The van der Waals surface area contributed by atoms with Gasteiger partial charge >= 0.3 is 0 Å². The number of aliphatic hydroxyl groups excluding tert-OH is 2. The number of hydrogen-bond donors (Lipinski definition) is 3. The summed E-state index contributed by atoms with van der Waals surface area (Å²) in [5, 5.41) is 23.5. The van der Waals surface area contributed by atoms with E-state index in [4.69, 9.17) is 4.74 Å². The van der Waals surface area contributed by atoms with Crippen LogP contribution < -0.4 is 10.1 Å². The number of aliphatic hydroxyl groups is 2. The van der Waals surface area contributed by atoms with Gasteiger partial charge in [-0.1, -0.05) is 44.2 Å². The first kappa shape index (κ1) is 27.4. The van der Waals surface area contributed by atoms with Gasteiger partial charge < -0.3 is 25.2 Å². The van der Waals surface area contributed by atoms with E-state index in [1.165, 1.54) is 19.3 Å². The van der Waals surface area contributed by atoms with Crippen molar-refractivity contribution >= 4 is 34.4 Å². The second-order valence-electron chi connectivity index (χ2n) is 10.4. The van der Waals surface area contributed by atoms with Gasteiger partial charge in [0.1, 0.15) is 18.0 Å². The van der Waals surface area contributed by atoms with E-state index in [1.54, 1.807) is 6.08 Å². The monoisotopic (exact) mass is 610 g/mol. The number of para-hydroxylation sites is 1. The maximum atomic E-state index is 13.9. The summed E-state index contributed by atoms with van der Waals surface area (Å²) in [5.41, 5.74) is 0.488. The Bertz CT molecular complexity index is 926. The molecule has 2 amide bonds. The molecule has 198 valence electrons. The third-order valence-corrected chi connectivity index (χ3v) is 8.77. The molecule has 36 heavy (non-hydrogen) atoms.